The van der Waals surface area contributed by atoms with E-state index in [1.54, 1.807) is 4.90 Å². The lowest BCUT2D eigenvalue weighted by atomic mass is 9.76. The Balaban J connectivity index is 2.05. The lowest BCUT2D eigenvalue weighted by molar-refractivity contribution is 0.0147. The van der Waals surface area contributed by atoms with Crippen LogP contribution in [0.2, 0.25) is 0 Å². The Kier molecular flexibility index (Phi) is 5.76. The number of ether oxygens (including phenoxy) is 1. The van der Waals surface area contributed by atoms with Crippen LogP contribution in [-0.2, 0) is 24.1 Å². The molecular weight excluding hydrogens is 316 g/mol. The molecule has 1 aliphatic rings. The molecule has 0 atom stereocenters. The Morgan fingerprint density at radius 3 is 2.48 bits per heavy atom. The van der Waals surface area contributed by atoms with Gasteiger partial charge in [0.15, 0.2) is 0 Å². The molecule has 6 nitrogen and oxygen atoms in total. The molecule has 1 saturated heterocycles. The van der Waals surface area contributed by atoms with Crippen LogP contribution in [0.5, 0.6) is 0 Å². The Morgan fingerprint density at radius 2 is 2.00 bits per heavy atom. The van der Waals surface area contributed by atoms with Crippen LogP contribution in [0.1, 0.15) is 58.8 Å². The van der Waals surface area contributed by atoms with Crippen molar-refractivity contribution in [2.45, 2.75) is 72.4 Å². The van der Waals surface area contributed by atoms with Crippen LogP contribution in [0.3, 0.4) is 0 Å². The lowest BCUT2D eigenvalue weighted by Gasteiger charge is -2.37. The standard InChI is InChI=1S/C19H30N4O2/c1-6-15-12-16(23(7-2)21-15)13-19(14-20)8-10-22(11-9-19)17(24)25-18(3,4)5/h12H,6-11,13H2,1-5H3. The molecule has 1 aromatic rings. The van der Waals surface area contributed by atoms with Crippen LogP contribution in [0.4, 0.5) is 4.79 Å². The maximum absolute atomic E-state index is 12.2. The van der Waals surface area contributed by atoms with E-state index in [9.17, 15) is 10.1 Å². The summed E-state index contributed by atoms with van der Waals surface area (Å²) >= 11 is 0. The van der Waals surface area contributed by atoms with E-state index >= 15 is 0 Å². The van der Waals surface area contributed by atoms with Gasteiger partial charge in [0.2, 0.25) is 0 Å². The van der Waals surface area contributed by atoms with Crippen molar-refractivity contribution in [3.63, 3.8) is 0 Å². The summed E-state index contributed by atoms with van der Waals surface area (Å²) in [5.74, 6) is 0. The van der Waals surface area contributed by atoms with Crippen LogP contribution in [0, 0.1) is 16.7 Å². The summed E-state index contributed by atoms with van der Waals surface area (Å²) in [7, 11) is 0. The molecule has 2 rings (SSSR count). The molecule has 1 aromatic heterocycles. The van der Waals surface area contributed by atoms with E-state index in [0.717, 1.165) is 24.4 Å². The number of aromatic nitrogens is 2. The Labute approximate surface area is 150 Å². The van der Waals surface area contributed by atoms with Gasteiger partial charge >= 0.3 is 6.09 Å². The number of nitrogens with zero attached hydrogens (tertiary/aromatic N) is 4. The van der Waals surface area contributed by atoms with Crippen LogP contribution in [0.15, 0.2) is 6.07 Å². The van der Waals surface area contributed by atoms with Gasteiger partial charge in [-0.25, -0.2) is 4.79 Å². The molecule has 1 fully saturated rings. The number of carbonyl (C=O) groups is 1. The van der Waals surface area contributed by atoms with Crippen molar-refractivity contribution >= 4 is 6.09 Å². The third kappa shape index (κ3) is 4.75. The fourth-order valence-corrected chi connectivity index (χ4v) is 3.22. The summed E-state index contributed by atoms with van der Waals surface area (Å²) in [6.45, 7) is 11.7. The molecule has 138 valence electrons. The zero-order valence-electron chi connectivity index (χ0n) is 16.1. The zero-order valence-corrected chi connectivity index (χ0v) is 16.1. The fraction of sp³-hybridized carbons (Fsp3) is 0.737. The number of nitriles is 1. The predicted molar refractivity (Wildman–Crippen MR) is 96.1 cm³/mol. The minimum absolute atomic E-state index is 0.286. The van der Waals surface area contributed by atoms with Gasteiger partial charge in [-0.3, -0.25) is 4.68 Å². The number of rotatable bonds is 4. The molecule has 0 aromatic carbocycles. The molecule has 25 heavy (non-hydrogen) atoms. The van der Waals surface area contributed by atoms with Crippen molar-refractivity contribution in [3.05, 3.63) is 17.5 Å². The van der Waals surface area contributed by atoms with Gasteiger partial charge in [-0.15, -0.1) is 0 Å². The van der Waals surface area contributed by atoms with Crippen LogP contribution in [0.25, 0.3) is 0 Å². The molecular formula is C19H30N4O2. The third-order valence-electron chi connectivity index (χ3n) is 4.70. The van der Waals surface area contributed by atoms with Crippen molar-refractivity contribution < 1.29 is 9.53 Å². The summed E-state index contributed by atoms with van der Waals surface area (Å²) in [4.78, 5) is 13.9. The summed E-state index contributed by atoms with van der Waals surface area (Å²) < 4.78 is 7.44. The van der Waals surface area contributed by atoms with E-state index in [2.05, 4.69) is 31.1 Å². The second-order valence-electron chi connectivity index (χ2n) is 7.83. The number of aryl methyl sites for hydroxylation is 2. The molecule has 1 aliphatic heterocycles. The average Bonchev–Trinajstić information content (AvgIpc) is 2.95. The summed E-state index contributed by atoms with van der Waals surface area (Å²) in [5.41, 5.74) is 1.25. The number of hydrogen-bond donors (Lipinski definition) is 0. The zero-order chi connectivity index (χ0) is 18.7. The van der Waals surface area contributed by atoms with Crippen molar-refractivity contribution in [2.24, 2.45) is 5.41 Å². The smallest absolute Gasteiger partial charge is 0.410 e. The van der Waals surface area contributed by atoms with Gasteiger partial charge in [0.05, 0.1) is 17.2 Å². The van der Waals surface area contributed by atoms with Crippen molar-refractivity contribution in [2.75, 3.05) is 13.1 Å². The Morgan fingerprint density at radius 1 is 1.36 bits per heavy atom. The van der Waals surface area contributed by atoms with Gasteiger partial charge in [-0.05, 0) is 53.0 Å². The lowest BCUT2D eigenvalue weighted by Crippen LogP contribution is -2.45. The van der Waals surface area contributed by atoms with Crippen molar-refractivity contribution in [3.8, 4) is 6.07 Å². The average molecular weight is 346 g/mol. The molecule has 1 amide bonds. The maximum Gasteiger partial charge on any atom is 0.410 e. The van der Waals surface area contributed by atoms with Gasteiger partial charge in [0.1, 0.15) is 5.60 Å². The van der Waals surface area contributed by atoms with Crippen LogP contribution < -0.4 is 0 Å². The first-order chi connectivity index (χ1) is 11.7. The van der Waals surface area contributed by atoms with E-state index in [4.69, 9.17) is 4.74 Å². The Hall–Kier alpha value is -2.03. The highest BCUT2D eigenvalue weighted by molar-refractivity contribution is 5.68. The number of carbonyl (C=O) groups excluding carboxylic acids is 1. The van der Waals surface area contributed by atoms with Crippen molar-refractivity contribution in [1.29, 1.82) is 5.26 Å². The highest BCUT2D eigenvalue weighted by atomic mass is 16.6. The second-order valence-corrected chi connectivity index (χ2v) is 7.83. The SMILES string of the molecule is CCc1cc(CC2(C#N)CCN(C(=O)OC(C)(C)C)CC2)n(CC)n1. The Bertz CT molecular complexity index is 643. The number of piperidine rings is 1. The van der Waals surface area contributed by atoms with E-state index in [1.165, 1.54) is 0 Å². The predicted octanol–water partition coefficient (Wildman–Crippen LogP) is 3.55. The minimum Gasteiger partial charge on any atom is -0.444 e. The van der Waals surface area contributed by atoms with E-state index < -0.39 is 11.0 Å². The topological polar surface area (TPSA) is 71.2 Å². The van der Waals surface area contributed by atoms with E-state index in [0.29, 0.717) is 32.4 Å². The first kappa shape index (κ1) is 19.3. The van der Waals surface area contributed by atoms with Crippen LogP contribution >= 0.6 is 0 Å². The summed E-state index contributed by atoms with van der Waals surface area (Å²) in [6, 6.07) is 4.65. The van der Waals surface area contributed by atoms with Gasteiger partial charge in [0, 0.05) is 31.7 Å². The van der Waals surface area contributed by atoms with E-state index in [1.807, 2.05) is 25.5 Å². The van der Waals surface area contributed by atoms with Gasteiger partial charge in [-0.1, -0.05) is 6.92 Å². The molecule has 2 heterocycles. The normalized spacial score (nSPS) is 17.2. The summed E-state index contributed by atoms with van der Waals surface area (Å²) in [6.07, 6.45) is 2.63. The molecule has 6 heteroatoms. The highest BCUT2D eigenvalue weighted by Gasteiger charge is 2.38. The molecule has 0 unspecified atom stereocenters. The molecule has 0 saturated carbocycles. The largest absolute Gasteiger partial charge is 0.444 e. The molecule has 0 bridgehead atoms. The quantitative estimate of drug-likeness (QED) is 0.836. The molecule has 0 radical (unpaired) electrons. The van der Waals surface area contributed by atoms with Gasteiger partial charge < -0.3 is 9.64 Å². The minimum atomic E-state index is -0.495. The van der Waals surface area contributed by atoms with E-state index in [-0.39, 0.29) is 6.09 Å². The van der Waals surface area contributed by atoms with Gasteiger partial charge in [-0.2, -0.15) is 10.4 Å². The summed E-state index contributed by atoms with van der Waals surface area (Å²) in [5, 5.41) is 14.4. The van der Waals surface area contributed by atoms with Crippen LogP contribution in [-0.4, -0.2) is 39.5 Å². The third-order valence-corrected chi connectivity index (χ3v) is 4.70. The first-order valence-corrected chi connectivity index (χ1v) is 9.16. The fourth-order valence-electron chi connectivity index (χ4n) is 3.22. The molecule has 0 N–H and O–H groups in total. The maximum atomic E-state index is 12.2. The monoisotopic (exact) mass is 346 g/mol. The molecule has 0 spiro atoms. The molecule has 0 aliphatic carbocycles. The number of amides is 1. The van der Waals surface area contributed by atoms with Crippen molar-refractivity contribution in [1.82, 2.24) is 14.7 Å². The number of likely N-dealkylation sites (tertiary alicyclic amines) is 1. The van der Waals surface area contributed by atoms with Gasteiger partial charge in [0.25, 0.3) is 0 Å². The first-order valence-electron chi connectivity index (χ1n) is 9.16. The highest BCUT2D eigenvalue weighted by Crippen LogP contribution is 2.35. The second kappa shape index (κ2) is 7.47. The number of hydrogen-bond acceptors (Lipinski definition) is 4.